The van der Waals surface area contributed by atoms with Gasteiger partial charge in [0.05, 0.1) is 18.2 Å². The Bertz CT molecular complexity index is 856. The monoisotopic (exact) mass is 389 g/mol. The SMILES string of the molecule is C[C@@H]1CN(C(c2ccccc2)C(O)(c2cccnc2)c2cccnc2)C[C@H](C)O1. The highest BCUT2D eigenvalue weighted by Crippen LogP contribution is 2.45. The zero-order chi connectivity index (χ0) is 20.3. The van der Waals surface area contributed by atoms with Crippen molar-refractivity contribution in [2.45, 2.75) is 37.7 Å². The number of morpholine rings is 1. The first-order valence-corrected chi connectivity index (χ1v) is 10.1. The molecule has 0 aliphatic carbocycles. The Kier molecular flexibility index (Phi) is 5.72. The standard InChI is InChI=1S/C24H27N3O2/c1-18-16-27(17-19(2)29-18)23(20-8-4-3-5-9-20)24(28,21-10-6-12-25-14-21)22-11-7-13-26-15-22/h3-15,18-19,23,28H,16-17H2,1-2H3/t18-,19+,23?. The van der Waals surface area contributed by atoms with Gasteiger partial charge in [-0.15, -0.1) is 0 Å². The van der Waals surface area contributed by atoms with Crippen LogP contribution in [0.4, 0.5) is 0 Å². The minimum atomic E-state index is -1.32. The van der Waals surface area contributed by atoms with Gasteiger partial charge >= 0.3 is 0 Å². The predicted molar refractivity (Wildman–Crippen MR) is 112 cm³/mol. The van der Waals surface area contributed by atoms with E-state index in [0.717, 1.165) is 29.8 Å². The summed E-state index contributed by atoms with van der Waals surface area (Å²) in [5.74, 6) is 0. The van der Waals surface area contributed by atoms with Crippen molar-refractivity contribution in [3.05, 3.63) is 96.1 Å². The van der Waals surface area contributed by atoms with Gasteiger partial charge in [-0.25, -0.2) is 0 Å². The van der Waals surface area contributed by atoms with E-state index in [1.807, 2.05) is 42.5 Å². The minimum Gasteiger partial charge on any atom is -0.378 e. The van der Waals surface area contributed by atoms with E-state index in [0.29, 0.717) is 0 Å². The molecule has 1 fully saturated rings. The maximum atomic E-state index is 12.4. The third-order valence-corrected chi connectivity index (χ3v) is 5.53. The summed E-state index contributed by atoms with van der Waals surface area (Å²) in [7, 11) is 0. The van der Waals surface area contributed by atoms with Crippen LogP contribution in [0.1, 0.15) is 36.6 Å². The van der Waals surface area contributed by atoms with Crippen LogP contribution in [0.2, 0.25) is 0 Å². The fourth-order valence-corrected chi connectivity index (χ4v) is 4.44. The van der Waals surface area contributed by atoms with Crippen molar-refractivity contribution in [1.82, 2.24) is 14.9 Å². The second-order valence-electron chi connectivity index (χ2n) is 7.77. The first-order chi connectivity index (χ1) is 14.1. The first kappa shape index (κ1) is 19.7. The van der Waals surface area contributed by atoms with Crippen molar-refractivity contribution >= 4 is 0 Å². The molecule has 1 aromatic carbocycles. The summed E-state index contributed by atoms with van der Waals surface area (Å²) >= 11 is 0. The van der Waals surface area contributed by atoms with Crippen LogP contribution in [-0.2, 0) is 10.3 Å². The van der Waals surface area contributed by atoms with E-state index < -0.39 is 5.60 Å². The van der Waals surface area contributed by atoms with E-state index in [1.165, 1.54) is 0 Å². The molecule has 1 N–H and O–H groups in total. The van der Waals surface area contributed by atoms with Gasteiger partial charge in [0, 0.05) is 49.0 Å². The van der Waals surface area contributed by atoms with Crippen LogP contribution in [0.25, 0.3) is 0 Å². The van der Waals surface area contributed by atoms with Crippen molar-refractivity contribution < 1.29 is 9.84 Å². The summed E-state index contributed by atoms with van der Waals surface area (Å²) in [6, 6.07) is 17.5. The molecule has 4 rings (SSSR count). The largest absolute Gasteiger partial charge is 0.378 e. The van der Waals surface area contributed by atoms with Crippen LogP contribution in [0, 0.1) is 0 Å². The molecule has 0 bridgehead atoms. The highest BCUT2D eigenvalue weighted by atomic mass is 16.5. The fourth-order valence-electron chi connectivity index (χ4n) is 4.44. The molecule has 3 heterocycles. The summed E-state index contributed by atoms with van der Waals surface area (Å²) in [6.07, 6.45) is 7.11. The van der Waals surface area contributed by atoms with E-state index >= 15 is 0 Å². The Labute approximate surface area is 172 Å². The normalized spacial score (nSPS) is 21.6. The molecule has 1 unspecified atom stereocenters. The topological polar surface area (TPSA) is 58.5 Å². The first-order valence-electron chi connectivity index (χ1n) is 10.1. The molecule has 29 heavy (non-hydrogen) atoms. The lowest BCUT2D eigenvalue weighted by Crippen LogP contribution is -2.53. The van der Waals surface area contributed by atoms with Gasteiger partial charge in [0.2, 0.25) is 0 Å². The van der Waals surface area contributed by atoms with Crippen molar-refractivity contribution in [3.63, 3.8) is 0 Å². The molecule has 1 aliphatic rings. The van der Waals surface area contributed by atoms with Crippen molar-refractivity contribution in [2.24, 2.45) is 0 Å². The molecule has 0 saturated carbocycles. The molecule has 1 aliphatic heterocycles. The number of benzene rings is 1. The average molecular weight is 389 g/mol. The van der Waals surface area contributed by atoms with E-state index in [9.17, 15) is 5.11 Å². The second-order valence-corrected chi connectivity index (χ2v) is 7.77. The van der Waals surface area contributed by atoms with Gasteiger partial charge in [-0.05, 0) is 31.5 Å². The highest BCUT2D eigenvalue weighted by molar-refractivity contribution is 5.39. The average Bonchev–Trinajstić information content (AvgIpc) is 2.75. The molecule has 2 aromatic heterocycles. The number of hydrogen-bond acceptors (Lipinski definition) is 5. The summed E-state index contributed by atoms with van der Waals surface area (Å²) in [5.41, 5.74) is 1.21. The van der Waals surface area contributed by atoms with Crippen molar-refractivity contribution in [1.29, 1.82) is 0 Å². The Balaban J connectivity index is 1.92. The van der Waals surface area contributed by atoms with Gasteiger partial charge in [0.25, 0.3) is 0 Å². The molecule has 3 atom stereocenters. The number of aliphatic hydroxyl groups is 1. The number of pyridine rings is 2. The van der Waals surface area contributed by atoms with E-state index in [4.69, 9.17) is 4.74 Å². The molecule has 1 saturated heterocycles. The number of hydrogen-bond donors (Lipinski definition) is 1. The number of nitrogens with zero attached hydrogens (tertiary/aromatic N) is 3. The smallest absolute Gasteiger partial charge is 0.137 e. The maximum absolute atomic E-state index is 12.4. The Morgan fingerprint density at radius 1 is 0.897 bits per heavy atom. The van der Waals surface area contributed by atoms with Crippen LogP contribution in [0.3, 0.4) is 0 Å². The van der Waals surface area contributed by atoms with Crippen LogP contribution in [0.5, 0.6) is 0 Å². The van der Waals surface area contributed by atoms with Crippen molar-refractivity contribution in [2.75, 3.05) is 13.1 Å². The summed E-state index contributed by atoms with van der Waals surface area (Å²) in [4.78, 5) is 10.9. The zero-order valence-electron chi connectivity index (χ0n) is 16.8. The molecule has 150 valence electrons. The van der Waals surface area contributed by atoms with Gasteiger partial charge in [0.1, 0.15) is 5.60 Å². The van der Waals surface area contributed by atoms with Crippen LogP contribution in [-0.4, -0.2) is 45.3 Å². The van der Waals surface area contributed by atoms with Crippen molar-refractivity contribution in [3.8, 4) is 0 Å². The van der Waals surface area contributed by atoms with E-state index in [1.54, 1.807) is 24.8 Å². The van der Waals surface area contributed by atoms with Crippen LogP contribution in [0.15, 0.2) is 79.4 Å². The quantitative estimate of drug-likeness (QED) is 0.723. The van der Waals surface area contributed by atoms with Crippen LogP contribution >= 0.6 is 0 Å². The van der Waals surface area contributed by atoms with Crippen LogP contribution < -0.4 is 0 Å². The minimum absolute atomic E-state index is 0.0806. The van der Waals surface area contributed by atoms with Gasteiger partial charge in [-0.1, -0.05) is 42.5 Å². The molecule has 5 nitrogen and oxygen atoms in total. The summed E-state index contributed by atoms with van der Waals surface area (Å²) < 4.78 is 5.98. The van der Waals surface area contributed by atoms with E-state index in [2.05, 4.69) is 40.8 Å². The maximum Gasteiger partial charge on any atom is 0.137 e. The molecule has 0 spiro atoms. The number of aromatic nitrogens is 2. The fraction of sp³-hybridized carbons (Fsp3) is 0.333. The van der Waals surface area contributed by atoms with Gasteiger partial charge in [-0.3, -0.25) is 14.9 Å². The second kappa shape index (κ2) is 8.41. The lowest BCUT2D eigenvalue weighted by Gasteiger charge is -2.47. The molecule has 5 heteroatoms. The van der Waals surface area contributed by atoms with E-state index in [-0.39, 0.29) is 18.2 Å². The molecular weight excluding hydrogens is 362 g/mol. The highest BCUT2D eigenvalue weighted by Gasteiger charge is 2.46. The van der Waals surface area contributed by atoms with Gasteiger partial charge in [-0.2, -0.15) is 0 Å². The predicted octanol–water partition coefficient (Wildman–Crippen LogP) is 3.56. The summed E-state index contributed by atoms with van der Waals surface area (Å²) in [5, 5.41) is 12.4. The van der Waals surface area contributed by atoms with Gasteiger partial charge < -0.3 is 9.84 Å². The Morgan fingerprint density at radius 2 is 1.45 bits per heavy atom. The zero-order valence-corrected chi connectivity index (χ0v) is 16.8. The Morgan fingerprint density at radius 3 is 1.93 bits per heavy atom. The Hall–Kier alpha value is -2.60. The molecule has 0 radical (unpaired) electrons. The lowest BCUT2D eigenvalue weighted by molar-refractivity contribution is -0.114. The third kappa shape index (κ3) is 3.94. The lowest BCUT2D eigenvalue weighted by atomic mass is 9.77. The van der Waals surface area contributed by atoms with Gasteiger partial charge in [0.15, 0.2) is 0 Å². The summed E-state index contributed by atoms with van der Waals surface area (Å²) in [6.45, 7) is 5.62. The molecule has 3 aromatic rings. The number of ether oxygens (including phenoxy) is 1. The molecule has 0 amide bonds. The molecular formula is C24H27N3O2. The number of rotatable bonds is 5. The third-order valence-electron chi connectivity index (χ3n) is 5.53.